The third kappa shape index (κ3) is 7.88. The van der Waals surface area contributed by atoms with Crippen molar-refractivity contribution >= 4 is 5.96 Å². The molecule has 1 aliphatic rings. The van der Waals surface area contributed by atoms with Gasteiger partial charge in [-0.15, -0.1) is 0 Å². The SMILES string of the molecule is CN=C(NCCCOCC1CC1)NCCCc1ccc(O)cc1. The lowest BCUT2D eigenvalue weighted by molar-refractivity contribution is 0.123. The number of benzene rings is 1. The molecule has 1 aromatic carbocycles. The van der Waals surface area contributed by atoms with Crippen LogP contribution in [0.15, 0.2) is 29.3 Å². The molecule has 5 nitrogen and oxygen atoms in total. The fraction of sp³-hybridized carbons (Fsp3) is 0.611. The van der Waals surface area contributed by atoms with Crippen LogP contribution >= 0.6 is 0 Å². The second-order valence-electron chi connectivity index (χ2n) is 6.07. The topological polar surface area (TPSA) is 65.9 Å². The first-order chi connectivity index (χ1) is 11.3. The number of nitrogens with zero attached hydrogens (tertiary/aromatic N) is 1. The van der Waals surface area contributed by atoms with Gasteiger partial charge < -0.3 is 20.5 Å². The van der Waals surface area contributed by atoms with E-state index in [2.05, 4.69) is 15.6 Å². The van der Waals surface area contributed by atoms with Gasteiger partial charge in [-0.25, -0.2) is 0 Å². The number of rotatable bonds is 10. The molecule has 0 heterocycles. The second kappa shape index (κ2) is 10.1. The molecule has 2 rings (SSSR count). The van der Waals surface area contributed by atoms with Gasteiger partial charge in [-0.3, -0.25) is 4.99 Å². The molecule has 128 valence electrons. The van der Waals surface area contributed by atoms with Gasteiger partial charge in [0.05, 0.1) is 0 Å². The molecule has 1 saturated carbocycles. The summed E-state index contributed by atoms with van der Waals surface area (Å²) in [6, 6.07) is 7.39. The van der Waals surface area contributed by atoms with Gasteiger partial charge in [-0.1, -0.05) is 12.1 Å². The van der Waals surface area contributed by atoms with Gasteiger partial charge >= 0.3 is 0 Å². The zero-order valence-corrected chi connectivity index (χ0v) is 14.1. The number of hydrogen-bond donors (Lipinski definition) is 3. The van der Waals surface area contributed by atoms with E-state index in [-0.39, 0.29) is 0 Å². The van der Waals surface area contributed by atoms with Crippen molar-refractivity contribution in [2.24, 2.45) is 10.9 Å². The molecule has 0 spiro atoms. The molecule has 0 radical (unpaired) electrons. The number of phenolic OH excluding ortho intramolecular Hbond substituents is 1. The Balaban J connectivity index is 1.47. The average Bonchev–Trinajstić information content (AvgIpc) is 3.38. The molecule has 0 aliphatic heterocycles. The van der Waals surface area contributed by atoms with Crippen LogP contribution in [-0.4, -0.2) is 44.4 Å². The molecule has 1 fully saturated rings. The molecule has 0 bridgehead atoms. The first-order valence-corrected chi connectivity index (χ1v) is 8.58. The van der Waals surface area contributed by atoms with Crippen LogP contribution in [0.3, 0.4) is 0 Å². The highest BCUT2D eigenvalue weighted by Crippen LogP contribution is 2.28. The van der Waals surface area contributed by atoms with Crippen molar-refractivity contribution in [1.82, 2.24) is 10.6 Å². The van der Waals surface area contributed by atoms with Crippen molar-refractivity contribution in [2.75, 3.05) is 33.4 Å². The highest BCUT2D eigenvalue weighted by Gasteiger charge is 2.20. The van der Waals surface area contributed by atoms with Gasteiger partial charge in [-0.05, 0) is 55.7 Å². The molecule has 0 unspecified atom stereocenters. The number of aliphatic imine (C=N–C) groups is 1. The molecule has 0 aromatic heterocycles. The molecule has 3 N–H and O–H groups in total. The van der Waals surface area contributed by atoms with Crippen molar-refractivity contribution in [1.29, 1.82) is 0 Å². The van der Waals surface area contributed by atoms with E-state index >= 15 is 0 Å². The molecule has 23 heavy (non-hydrogen) atoms. The monoisotopic (exact) mass is 319 g/mol. The minimum Gasteiger partial charge on any atom is -0.508 e. The van der Waals surface area contributed by atoms with E-state index in [1.807, 2.05) is 12.1 Å². The number of hydrogen-bond acceptors (Lipinski definition) is 3. The van der Waals surface area contributed by atoms with E-state index in [1.54, 1.807) is 19.2 Å². The van der Waals surface area contributed by atoms with E-state index in [0.717, 1.165) is 57.4 Å². The minimum atomic E-state index is 0.317. The maximum absolute atomic E-state index is 9.25. The van der Waals surface area contributed by atoms with Crippen LogP contribution in [0.5, 0.6) is 5.75 Å². The zero-order chi connectivity index (χ0) is 16.3. The number of guanidine groups is 1. The summed E-state index contributed by atoms with van der Waals surface area (Å²) in [6.45, 7) is 3.51. The van der Waals surface area contributed by atoms with Crippen molar-refractivity contribution in [2.45, 2.75) is 32.1 Å². The number of ether oxygens (including phenoxy) is 1. The van der Waals surface area contributed by atoms with Crippen molar-refractivity contribution in [3.8, 4) is 5.75 Å². The summed E-state index contributed by atoms with van der Waals surface area (Å²) >= 11 is 0. The summed E-state index contributed by atoms with van der Waals surface area (Å²) in [5, 5.41) is 15.9. The highest BCUT2D eigenvalue weighted by atomic mass is 16.5. The molecule has 0 amide bonds. The first kappa shape index (κ1) is 17.6. The summed E-state index contributed by atoms with van der Waals surface area (Å²) in [5.41, 5.74) is 1.24. The Morgan fingerprint density at radius 2 is 1.87 bits per heavy atom. The first-order valence-electron chi connectivity index (χ1n) is 8.58. The fourth-order valence-corrected chi connectivity index (χ4v) is 2.30. The normalized spacial score (nSPS) is 14.7. The van der Waals surface area contributed by atoms with Crippen molar-refractivity contribution < 1.29 is 9.84 Å². The van der Waals surface area contributed by atoms with Crippen LogP contribution in [-0.2, 0) is 11.2 Å². The van der Waals surface area contributed by atoms with E-state index in [9.17, 15) is 5.11 Å². The van der Waals surface area contributed by atoms with Crippen molar-refractivity contribution in [3.05, 3.63) is 29.8 Å². The molecule has 5 heteroatoms. The van der Waals surface area contributed by atoms with Crippen LogP contribution in [0.4, 0.5) is 0 Å². The van der Waals surface area contributed by atoms with Crippen LogP contribution in [0, 0.1) is 5.92 Å². The molecular weight excluding hydrogens is 290 g/mol. The minimum absolute atomic E-state index is 0.317. The van der Waals surface area contributed by atoms with E-state index in [1.165, 1.54) is 18.4 Å². The standard InChI is InChI=1S/C18H29N3O2/c1-19-18(21-12-3-13-23-14-16-5-6-16)20-11-2-4-15-7-9-17(22)10-8-15/h7-10,16,22H,2-6,11-14H2,1H3,(H2,19,20,21). The maximum Gasteiger partial charge on any atom is 0.190 e. The number of phenols is 1. The van der Waals surface area contributed by atoms with Crippen molar-refractivity contribution in [3.63, 3.8) is 0 Å². The quantitative estimate of drug-likeness (QED) is 0.352. The summed E-state index contributed by atoms with van der Waals surface area (Å²) in [5.74, 6) is 2.00. The fourth-order valence-electron chi connectivity index (χ4n) is 2.30. The summed E-state index contributed by atoms with van der Waals surface area (Å²) in [4.78, 5) is 4.22. The summed E-state index contributed by atoms with van der Waals surface area (Å²) in [7, 11) is 1.79. The lowest BCUT2D eigenvalue weighted by Gasteiger charge is -2.12. The molecule has 0 atom stereocenters. The highest BCUT2D eigenvalue weighted by molar-refractivity contribution is 5.79. The Hall–Kier alpha value is -1.75. The van der Waals surface area contributed by atoms with Crippen LogP contribution < -0.4 is 10.6 Å². The molecule has 1 aliphatic carbocycles. The van der Waals surface area contributed by atoms with Crippen LogP contribution in [0.25, 0.3) is 0 Å². The van der Waals surface area contributed by atoms with E-state index in [4.69, 9.17) is 4.74 Å². The summed E-state index contributed by atoms with van der Waals surface area (Å²) in [6.07, 6.45) is 5.70. The average molecular weight is 319 g/mol. The smallest absolute Gasteiger partial charge is 0.190 e. The van der Waals surface area contributed by atoms with Crippen LogP contribution in [0.1, 0.15) is 31.2 Å². The Labute approximate surface area is 139 Å². The van der Waals surface area contributed by atoms with E-state index in [0.29, 0.717) is 5.75 Å². The Morgan fingerprint density at radius 3 is 2.52 bits per heavy atom. The lowest BCUT2D eigenvalue weighted by Crippen LogP contribution is -2.38. The van der Waals surface area contributed by atoms with Gasteiger partial charge in [0.1, 0.15) is 5.75 Å². The van der Waals surface area contributed by atoms with Gasteiger partial charge in [0, 0.05) is 33.4 Å². The third-order valence-electron chi connectivity index (χ3n) is 3.90. The molecule has 1 aromatic rings. The van der Waals surface area contributed by atoms with Gasteiger partial charge in [0.15, 0.2) is 5.96 Å². The maximum atomic E-state index is 9.25. The number of aromatic hydroxyl groups is 1. The summed E-state index contributed by atoms with van der Waals surface area (Å²) < 4.78 is 5.61. The Bertz CT molecular complexity index is 470. The third-order valence-corrected chi connectivity index (χ3v) is 3.90. The van der Waals surface area contributed by atoms with E-state index < -0.39 is 0 Å². The van der Waals surface area contributed by atoms with Gasteiger partial charge in [0.2, 0.25) is 0 Å². The van der Waals surface area contributed by atoms with Gasteiger partial charge in [0.25, 0.3) is 0 Å². The Kier molecular flexibility index (Phi) is 7.73. The van der Waals surface area contributed by atoms with Crippen LogP contribution in [0.2, 0.25) is 0 Å². The Morgan fingerprint density at radius 1 is 1.17 bits per heavy atom. The number of aryl methyl sites for hydroxylation is 1. The lowest BCUT2D eigenvalue weighted by atomic mass is 10.1. The largest absolute Gasteiger partial charge is 0.508 e. The predicted molar refractivity (Wildman–Crippen MR) is 94.0 cm³/mol. The number of nitrogens with one attached hydrogen (secondary N) is 2. The molecular formula is C18H29N3O2. The zero-order valence-electron chi connectivity index (χ0n) is 14.1. The van der Waals surface area contributed by atoms with Gasteiger partial charge in [-0.2, -0.15) is 0 Å². The molecule has 0 saturated heterocycles. The second-order valence-corrected chi connectivity index (χ2v) is 6.07. The predicted octanol–water partition coefficient (Wildman–Crippen LogP) is 2.31.